The lowest BCUT2D eigenvalue weighted by atomic mass is 10.3. The first-order valence-corrected chi connectivity index (χ1v) is 6.41. The van der Waals surface area contributed by atoms with Gasteiger partial charge in [-0.25, -0.2) is 10.2 Å². The Labute approximate surface area is 113 Å². The quantitative estimate of drug-likeness (QED) is 0.243. The number of anilines is 1. The molecule has 0 aliphatic carbocycles. The van der Waals surface area contributed by atoms with Gasteiger partial charge in [0.1, 0.15) is 0 Å². The van der Waals surface area contributed by atoms with Crippen LogP contribution < -0.4 is 21.3 Å². The molecule has 0 saturated carbocycles. The van der Waals surface area contributed by atoms with E-state index in [-0.39, 0.29) is 5.75 Å². The highest BCUT2D eigenvalue weighted by Crippen LogP contribution is 2.20. The Balaban J connectivity index is 2.69. The van der Waals surface area contributed by atoms with Crippen molar-refractivity contribution < 1.29 is 9.13 Å². The lowest BCUT2D eigenvalue weighted by Crippen LogP contribution is -2.36. The minimum absolute atomic E-state index is 0.234. The lowest BCUT2D eigenvalue weighted by molar-refractivity contribution is 0.321. The Kier molecular flexibility index (Phi) is 6.67. The Bertz CT molecular complexity index is 423. The summed E-state index contributed by atoms with van der Waals surface area (Å²) >= 11 is 0. The molecule has 0 fully saturated rings. The van der Waals surface area contributed by atoms with Crippen LogP contribution in [0.3, 0.4) is 0 Å². The van der Waals surface area contributed by atoms with E-state index in [9.17, 15) is 4.39 Å². The fourth-order valence-electron chi connectivity index (χ4n) is 1.46. The van der Waals surface area contributed by atoms with Crippen LogP contribution in [-0.4, -0.2) is 19.1 Å². The third-order valence-electron chi connectivity index (χ3n) is 2.41. The molecule has 1 aromatic rings. The van der Waals surface area contributed by atoms with Gasteiger partial charge >= 0.3 is 0 Å². The number of nitrogens with zero attached hydrogens (tertiary/aromatic N) is 1. The van der Waals surface area contributed by atoms with Crippen molar-refractivity contribution in [2.75, 3.05) is 18.5 Å². The van der Waals surface area contributed by atoms with Crippen LogP contribution >= 0.6 is 0 Å². The number of benzene rings is 1. The Morgan fingerprint density at radius 2 is 2.21 bits per heavy atom. The van der Waals surface area contributed by atoms with Gasteiger partial charge in [0, 0.05) is 18.3 Å². The molecular formula is C13H21FN4O. The van der Waals surface area contributed by atoms with Gasteiger partial charge in [-0.15, -0.1) is 0 Å². The number of aliphatic imine (C=N–C) groups is 1. The zero-order chi connectivity index (χ0) is 14.1. The van der Waals surface area contributed by atoms with Crippen LogP contribution in [0.4, 0.5) is 10.1 Å². The minimum Gasteiger partial charge on any atom is -0.491 e. The molecule has 0 unspecified atom stereocenters. The molecule has 0 bridgehead atoms. The first-order valence-electron chi connectivity index (χ1n) is 6.41. The van der Waals surface area contributed by atoms with Gasteiger partial charge in [0.25, 0.3) is 0 Å². The van der Waals surface area contributed by atoms with Gasteiger partial charge in [0.05, 0.1) is 6.61 Å². The van der Waals surface area contributed by atoms with Crippen molar-refractivity contribution >= 4 is 11.6 Å². The van der Waals surface area contributed by atoms with E-state index in [0.717, 1.165) is 12.8 Å². The number of nitrogens with one attached hydrogen (secondary N) is 2. The van der Waals surface area contributed by atoms with Gasteiger partial charge in [-0.05, 0) is 25.5 Å². The number of hydrogen-bond acceptors (Lipinski definition) is 3. The molecule has 106 valence electrons. The van der Waals surface area contributed by atoms with Gasteiger partial charge in [-0.2, -0.15) is 0 Å². The number of hydrazine groups is 1. The molecule has 1 rings (SSSR count). The molecule has 0 aliphatic heterocycles. The first kappa shape index (κ1) is 15.2. The maximum Gasteiger partial charge on any atom is 0.210 e. The molecule has 5 nitrogen and oxygen atoms in total. The maximum absolute atomic E-state index is 13.6. The molecule has 0 aliphatic rings. The van der Waals surface area contributed by atoms with E-state index < -0.39 is 5.82 Å². The molecule has 19 heavy (non-hydrogen) atoms. The first-order chi connectivity index (χ1) is 9.21. The van der Waals surface area contributed by atoms with Crippen molar-refractivity contribution in [3.63, 3.8) is 0 Å². The molecule has 0 spiro atoms. The second-order valence-corrected chi connectivity index (χ2v) is 3.93. The monoisotopic (exact) mass is 268 g/mol. The van der Waals surface area contributed by atoms with E-state index >= 15 is 0 Å². The minimum atomic E-state index is -0.420. The van der Waals surface area contributed by atoms with E-state index in [4.69, 9.17) is 10.6 Å². The molecule has 0 heterocycles. The van der Waals surface area contributed by atoms with Gasteiger partial charge in [-0.1, -0.05) is 13.3 Å². The lowest BCUT2D eigenvalue weighted by Gasteiger charge is -2.11. The van der Waals surface area contributed by atoms with Crippen LogP contribution in [0.1, 0.15) is 26.7 Å². The standard InChI is InChI=1S/C13H21FN4O/c1-3-5-8-16-13(18-15)17-10-6-7-12(19-4-2)11(14)9-10/h6-7,9H,3-5,8,15H2,1-2H3,(H2,16,17,18). The molecule has 0 atom stereocenters. The fourth-order valence-corrected chi connectivity index (χ4v) is 1.46. The van der Waals surface area contributed by atoms with Crippen molar-refractivity contribution in [3.8, 4) is 5.75 Å². The molecule has 0 amide bonds. The van der Waals surface area contributed by atoms with Crippen LogP contribution in [0, 0.1) is 5.82 Å². The van der Waals surface area contributed by atoms with Crippen molar-refractivity contribution in [2.45, 2.75) is 26.7 Å². The van der Waals surface area contributed by atoms with Crippen molar-refractivity contribution in [3.05, 3.63) is 24.0 Å². The van der Waals surface area contributed by atoms with E-state index in [1.165, 1.54) is 6.07 Å². The number of ether oxygens (including phenoxy) is 1. The SMILES string of the molecule is CCCCN=C(NN)Nc1ccc(OCC)c(F)c1. The number of nitrogens with two attached hydrogens (primary N) is 1. The van der Waals surface area contributed by atoms with Gasteiger partial charge in [-0.3, -0.25) is 10.4 Å². The van der Waals surface area contributed by atoms with Crippen molar-refractivity contribution in [1.82, 2.24) is 5.43 Å². The molecule has 1 aromatic carbocycles. The summed E-state index contributed by atoms with van der Waals surface area (Å²) in [7, 11) is 0. The average Bonchev–Trinajstić information content (AvgIpc) is 2.41. The van der Waals surface area contributed by atoms with Gasteiger partial charge in [0.2, 0.25) is 5.96 Å². The largest absolute Gasteiger partial charge is 0.491 e. The fraction of sp³-hybridized carbons (Fsp3) is 0.462. The summed E-state index contributed by atoms with van der Waals surface area (Å²) in [6.45, 7) is 4.99. The Morgan fingerprint density at radius 3 is 2.79 bits per heavy atom. The van der Waals surface area contributed by atoms with Gasteiger partial charge in [0.15, 0.2) is 11.6 Å². The summed E-state index contributed by atoms with van der Waals surface area (Å²) in [5.74, 6) is 5.59. The predicted molar refractivity (Wildman–Crippen MR) is 75.7 cm³/mol. The van der Waals surface area contributed by atoms with E-state index in [0.29, 0.717) is 24.8 Å². The summed E-state index contributed by atoms with van der Waals surface area (Å²) < 4.78 is 18.8. The number of guanidine groups is 1. The van der Waals surface area contributed by atoms with E-state index in [1.54, 1.807) is 12.1 Å². The summed E-state index contributed by atoms with van der Waals surface area (Å²) in [6, 6.07) is 4.62. The number of unbranched alkanes of at least 4 members (excludes halogenated alkanes) is 1. The van der Waals surface area contributed by atoms with E-state index in [1.807, 2.05) is 6.92 Å². The Morgan fingerprint density at radius 1 is 1.42 bits per heavy atom. The third-order valence-corrected chi connectivity index (χ3v) is 2.41. The second-order valence-electron chi connectivity index (χ2n) is 3.93. The zero-order valence-corrected chi connectivity index (χ0v) is 11.4. The Hall–Kier alpha value is -1.82. The molecule has 4 N–H and O–H groups in total. The number of halogens is 1. The highest BCUT2D eigenvalue weighted by atomic mass is 19.1. The second kappa shape index (κ2) is 8.31. The van der Waals surface area contributed by atoms with Crippen LogP contribution in [0.2, 0.25) is 0 Å². The predicted octanol–water partition coefficient (Wildman–Crippen LogP) is 2.26. The smallest absolute Gasteiger partial charge is 0.210 e. The van der Waals surface area contributed by atoms with Crippen molar-refractivity contribution in [1.29, 1.82) is 0 Å². The topological polar surface area (TPSA) is 71.7 Å². The molecular weight excluding hydrogens is 247 g/mol. The number of rotatable bonds is 6. The maximum atomic E-state index is 13.6. The van der Waals surface area contributed by atoms with Crippen LogP contribution in [0.25, 0.3) is 0 Å². The molecule has 0 aromatic heterocycles. The molecule has 0 saturated heterocycles. The van der Waals surface area contributed by atoms with Crippen LogP contribution in [-0.2, 0) is 0 Å². The summed E-state index contributed by atoms with van der Waals surface area (Å²) in [4.78, 5) is 4.23. The van der Waals surface area contributed by atoms with E-state index in [2.05, 4.69) is 22.7 Å². The highest BCUT2D eigenvalue weighted by molar-refractivity contribution is 5.93. The zero-order valence-electron chi connectivity index (χ0n) is 11.4. The summed E-state index contributed by atoms with van der Waals surface area (Å²) in [6.07, 6.45) is 2.03. The average molecular weight is 268 g/mol. The molecule has 6 heteroatoms. The van der Waals surface area contributed by atoms with Gasteiger partial charge < -0.3 is 10.1 Å². The molecule has 0 radical (unpaired) electrons. The number of hydrogen-bond donors (Lipinski definition) is 3. The highest BCUT2D eigenvalue weighted by Gasteiger charge is 2.05. The van der Waals surface area contributed by atoms with Crippen molar-refractivity contribution in [2.24, 2.45) is 10.8 Å². The van der Waals surface area contributed by atoms with Crippen LogP contribution in [0.5, 0.6) is 5.75 Å². The summed E-state index contributed by atoms with van der Waals surface area (Å²) in [5, 5.41) is 2.92. The summed E-state index contributed by atoms with van der Waals surface area (Å²) in [5.41, 5.74) is 3.02. The van der Waals surface area contributed by atoms with Crippen LogP contribution in [0.15, 0.2) is 23.2 Å². The third kappa shape index (κ3) is 5.13. The normalized spacial score (nSPS) is 11.3.